The van der Waals surface area contributed by atoms with Crippen LogP contribution in [0.1, 0.15) is 18.4 Å². The highest BCUT2D eigenvalue weighted by atomic mass is 32.1. The Hall–Kier alpha value is -1.35. The van der Waals surface area contributed by atoms with Gasteiger partial charge in [0, 0.05) is 24.7 Å². The maximum absolute atomic E-state index is 9.90. The predicted octanol–water partition coefficient (Wildman–Crippen LogP) is 3.01. The number of nitrogens with zero attached hydrogens (tertiary/aromatic N) is 1. The van der Waals surface area contributed by atoms with E-state index in [2.05, 4.69) is 4.90 Å². The van der Waals surface area contributed by atoms with Crippen LogP contribution in [0.4, 0.5) is 0 Å². The van der Waals surface area contributed by atoms with Crippen molar-refractivity contribution in [2.75, 3.05) is 13.1 Å². The van der Waals surface area contributed by atoms with Gasteiger partial charge >= 0.3 is 0 Å². The molecule has 1 heterocycles. The average Bonchev–Trinajstić information content (AvgIpc) is 2.83. The third-order valence-electron chi connectivity index (χ3n) is 2.75. The summed E-state index contributed by atoms with van der Waals surface area (Å²) in [6.07, 6.45) is 4.07. The molecular weight excluding hydrogens is 218 g/mol. The van der Waals surface area contributed by atoms with Gasteiger partial charge in [-0.05, 0) is 12.8 Å². The molecule has 0 unspecified atom stereocenters. The first kappa shape index (κ1) is 11.1. The van der Waals surface area contributed by atoms with Gasteiger partial charge in [-0.2, -0.15) is 0 Å². The van der Waals surface area contributed by atoms with E-state index < -0.39 is 0 Å². The van der Waals surface area contributed by atoms with Crippen LogP contribution in [0, 0.1) is 0 Å². The molecule has 1 aromatic rings. The number of hydrogen-bond acceptors (Lipinski definition) is 2. The lowest BCUT2D eigenvalue weighted by molar-refractivity contribution is 0.506. The van der Waals surface area contributed by atoms with Crippen molar-refractivity contribution in [2.45, 2.75) is 12.8 Å². The van der Waals surface area contributed by atoms with E-state index in [1.54, 1.807) is 6.08 Å². The van der Waals surface area contributed by atoms with Crippen molar-refractivity contribution in [3.05, 3.63) is 42.0 Å². The van der Waals surface area contributed by atoms with Crippen LogP contribution in [0.3, 0.4) is 0 Å². The minimum atomic E-state index is 0.248. The summed E-state index contributed by atoms with van der Waals surface area (Å²) in [6.45, 7) is 2.02. The molecule has 0 saturated carbocycles. The summed E-state index contributed by atoms with van der Waals surface area (Å²) in [6, 6.07) is 9.48. The standard InChI is InChI=1S/C13H15NOS/c15-12(11-6-2-1-3-7-11)10-13(16)14-8-4-5-9-14/h1-3,6-7,10,15H,4-5,8-9H2. The number of rotatable bonds is 2. The Kier molecular flexibility index (Phi) is 3.57. The van der Waals surface area contributed by atoms with Gasteiger partial charge in [0.05, 0.1) is 0 Å². The molecule has 0 bridgehead atoms. The SMILES string of the molecule is OC(=CC(=S)N1CCCC1)c1ccccc1. The summed E-state index contributed by atoms with van der Waals surface area (Å²) in [5.74, 6) is 0.248. The third kappa shape index (κ3) is 2.61. The number of aliphatic hydroxyl groups is 1. The molecule has 0 aromatic heterocycles. The van der Waals surface area contributed by atoms with E-state index in [1.165, 1.54) is 12.8 Å². The highest BCUT2D eigenvalue weighted by Crippen LogP contribution is 2.14. The van der Waals surface area contributed by atoms with E-state index >= 15 is 0 Å². The highest BCUT2D eigenvalue weighted by Gasteiger charge is 2.13. The molecule has 16 heavy (non-hydrogen) atoms. The van der Waals surface area contributed by atoms with Crippen LogP contribution in [0.25, 0.3) is 5.76 Å². The van der Waals surface area contributed by atoms with E-state index in [9.17, 15) is 5.11 Å². The molecule has 1 aromatic carbocycles. The van der Waals surface area contributed by atoms with Crippen molar-refractivity contribution in [3.8, 4) is 0 Å². The van der Waals surface area contributed by atoms with Gasteiger partial charge < -0.3 is 10.0 Å². The highest BCUT2D eigenvalue weighted by molar-refractivity contribution is 7.80. The lowest BCUT2D eigenvalue weighted by Gasteiger charge is -2.15. The van der Waals surface area contributed by atoms with Crippen LogP contribution in [-0.2, 0) is 0 Å². The Labute approximate surface area is 101 Å². The summed E-state index contributed by atoms with van der Waals surface area (Å²) in [4.78, 5) is 2.87. The van der Waals surface area contributed by atoms with Crippen LogP contribution < -0.4 is 0 Å². The van der Waals surface area contributed by atoms with E-state index in [4.69, 9.17) is 12.2 Å². The molecule has 84 valence electrons. The second kappa shape index (κ2) is 5.12. The van der Waals surface area contributed by atoms with Crippen molar-refractivity contribution < 1.29 is 5.11 Å². The molecule has 1 saturated heterocycles. The summed E-state index contributed by atoms with van der Waals surface area (Å²) in [7, 11) is 0. The van der Waals surface area contributed by atoms with Crippen LogP contribution in [0.5, 0.6) is 0 Å². The fourth-order valence-corrected chi connectivity index (χ4v) is 2.13. The van der Waals surface area contributed by atoms with Crippen LogP contribution >= 0.6 is 12.2 Å². The van der Waals surface area contributed by atoms with E-state index in [0.29, 0.717) is 0 Å². The number of likely N-dealkylation sites (tertiary alicyclic amines) is 1. The zero-order chi connectivity index (χ0) is 11.4. The topological polar surface area (TPSA) is 23.5 Å². The third-order valence-corrected chi connectivity index (χ3v) is 3.12. The Bertz CT molecular complexity index is 394. The number of aliphatic hydroxyl groups excluding tert-OH is 1. The molecule has 2 nitrogen and oxygen atoms in total. The minimum absolute atomic E-state index is 0.248. The molecule has 0 aliphatic carbocycles. The van der Waals surface area contributed by atoms with Gasteiger partial charge in [-0.15, -0.1) is 0 Å². The molecule has 1 fully saturated rings. The molecule has 0 radical (unpaired) electrons. The summed E-state index contributed by atoms with van der Waals surface area (Å²) >= 11 is 5.28. The second-order valence-electron chi connectivity index (χ2n) is 3.93. The molecule has 3 heteroatoms. The van der Waals surface area contributed by atoms with Crippen molar-refractivity contribution in [3.63, 3.8) is 0 Å². The Morgan fingerprint density at radius 3 is 2.44 bits per heavy atom. The van der Waals surface area contributed by atoms with Crippen molar-refractivity contribution in [2.24, 2.45) is 0 Å². The second-order valence-corrected chi connectivity index (χ2v) is 4.35. The lowest BCUT2D eigenvalue weighted by Crippen LogP contribution is -2.24. The Morgan fingerprint density at radius 2 is 1.81 bits per heavy atom. The van der Waals surface area contributed by atoms with Gasteiger partial charge in [-0.3, -0.25) is 0 Å². The quantitative estimate of drug-likeness (QED) is 0.482. The minimum Gasteiger partial charge on any atom is -0.507 e. The van der Waals surface area contributed by atoms with Gasteiger partial charge in [-0.1, -0.05) is 42.5 Å². The molecule has 0 amide bonds. The zero-order valence-corrected chi connectivity index (χ0v) is 9.91. The van der Waals surface area contributed by atoms with Crippen molar-refractivity contribution >= 4 is 23.0 Å². The van der Waals surface area contributed by atoms with Gasteiger partial charge in [-0.25, -0.2) is 0 Å². The van der Waals surface area contributed by atoms with Gasteiger partial charge in [0.15, 0.2) is 0 Å². The maximum Gasteiger partial charge on any atom is 0.125 e. The largest absolute Gasteiger partial charge is 0.507 e. The Balaban J connectivity index is 2.09. The molecule has 0 atom stereocenters. The van der Waals surface area contributed by atoms with Gasteiger partial charge in [0.2, 0.25) is 0 Å². The predicted molar refractivity (Wildman–Crippen MR) is 70.5 cm³/mol. The Morgan fingerprint density at radius 1 is 1.19 bits per heavy atom. The number of thiocarbonyl (C=S) groups is 1. The molecule has 1 N–H and O–H groups in total. The van der Waals surface area contributed by atoms with E-state index in [0.717, 1.165) is 23.6 Å². The van der Waals surface area contributed by atoms with Crippen LogP contribution in [0.15, 0.2) is 36.4 Å². The molecule has 0 spiro atoms. The van der Waals surface area contributed by atoms with Crippen LogP contribution in [0.2, 0.25) is 0 Å². The molecule has 2 rings (SSSR count). The average molecular weight is 233 g/mol. The van der Waals surface area contributed by atoms with E-state index in [-0.39, 0.29) is 5.76 Å². The fourth-order valence-electron chi connectivity index (χ4n) is 1.84. The summed E-state index contributed by atoms with van der Waals surface area (Å²) in [5, 5.41) is 9.90. The first-order chi connectivity index (χ1) is 7.77. The summed E-state index contributed by atoms with van der Waals surface area (Å²) < 4.78 is 0. The molecule has 1 aliphatic heterocycles. The first-order valence-electron chi connectivity index (χ1n) is 5.52. The number of hydrogen-bond donors (Lipinski definition) is 1. The van der Waals surface area contributed by atoms with Gasteiger partial charge in [0.1, 0.15) is 10.7 Å². The fraction of sp³-hybridized carbons (Fsp3) is 0.308. The lowest BCUT2D eigenvalue weighted by atomic mass is 10.2. The number of benzene rings is 1. The monoisotopic (exact) mass is 233 g/mol. The zero-order valence-electron chi connectivity index (χ0n) is 9.10. The van der Waals surface area contributed by atoms with E-state index in [1.807, 2.05) is 30.3 Å². The maximum atomic E-state index is 9.90. The van der Waals surface area contributed by atoms with Gasteiger partial charge in [0.25, 0.3) is 0 Å². The van der Waals surface area contributed by atoms with Crippen LogP contribution in [-0.4, -0.2) is 28.1 Å². The van der Waals surface area contributed by atoms with Crippen molar-refractivity contribution in [1.29, 1.82) is 0 Å². The molecule has 1 aliphatic rings. The molecular formula is C13H15NOS. The summed E-state index contributed by atoms with van der Waals surface area (Å²) in [5.41, 5.74) is 0.809. The first-order valence-corrected chi connectivity index (χ1v) is 5.93. The van der Waals surface area contributed by atoms with Crippen molar-refractivity contribution in [1.82, 2.24) is 4.90 Å². The normalized spacial score (nSPS) is 16.5. The smallest absolute Gasteiger partial charge is 0.125 e.